The molecule has 1 aromatic rings. The van der Waals surface area contributed by atoms with Gasteiger partial charge in [-0.25, -0.2) is 0 Å². The van der Waals surface area contributed by atoms with E-state index in [1.807, 2.05) is 6.07 Å². The normalized spacial score (nSPS) is 9.59. The van der Waals surface area contributed by atoms with Crippen LogP contribution in [-0.4, -0.2) is 11.7 Å². The summed E-state index contributed by atoms with van der Waals surface area (Å²) in [5.74, 6) is -0.873. The number of para-hydroxylation sites is 1. The molecule has 90 valence electrons. The van der Waals surface area contributed by atoms with Crippen molar-refractivity contribution in [2.75, 3.05) is 5.32 Å². The van der Waals surface area contributed by atoms with E-state index < -0.39 is 11.7 Å². The van der Waals surface area contributed by atoms with Crippen molar-refractivity contribution >= 4 is 56.5 Å². The maximum atomic E-state index is 11.5. The fraction of sp³-hybridized carbons (Fsp3) is 0.0909. The van der Waals surface area contributed by atoms with Gasteiger partial charge in [0.25, 0.3) is 0 Å². The van der Waals surface area contributed by atoms with Crippen LogP contribution in [0.25, 0.3) is 0 Å². The molecule has 0 saturated carbocycles. The maximum absolute atomic E-state index is 11.5. The molecule has 1 aromatic carbocycles. The van der Waals surface area contributed by atoms with Crippen LogP contribution in [0.5, 0.6) is 0 Å². The summed E-state index contributed by atoms with van der Waals surface area (Å²) in [6.07, 6.45) is 0.701. The van der Waals surface area contributed by atoms with Crippen molar-refractivity contribution in [2.24, 2.45) is 0 Å². The second-order valence-electron chi connectivity index (χ2n) is 3.11. The zero-order valence-electron chi connectivity index (χ0n) is 8.54. The van der Waals surface area contributed by atoms with Crippen LogP contribution < -0.4 is 5.32 Å². The summed E-state index contributed by atoms with van der Waals surface area (Å²) < 4.78 is 0.579. The summed E-state index contributed by atoms with van der Waals surface area (Å²) in [4.78, 5) is 22.7. The lowest BCUT2D eigenvalue weighted by molar-refractivity contribution is -0.122. The first-order valence-corrected chi connectivity index (χ1v) is 6.14. The molecule has 0 spiro atoms. The summed E-state index contributed by atoms with van der Waals surface area (Å²) in [6.45, 7) is 0. The Bertz CT molecular complexity index is 470. The topological polar surface area (TPSA) is 46.2 Å². The largest absolute Gasteiger partial charge is 0.325 e. The second kappa shape index (κ2) is 6.79. The monoisotopic (exact) mass is 335 g/mol. The number of allylic oxidation sites excluding steroid dienone is 1. The van der Waals surface area contributed by atoms with Crippen LogP contribution in [0.1, 0.15) is 6.42 Å². The molecule has 0 heterocycles. The third-order valence-electron chi connectivity index (χ3n) is 1.75. The van der Waals surface area contributed by atoms with Crippen molar-refractivity contribution in [1.29, 1.82) is 0 Å². The minimum Gasteiger partial charge on any atom is -0.325 e. The van der Waals surface area contributed by atoms with Crippen LogP contribution in [0.15, 0.2) is 39.3 Å². The van der Waals surface area contributed by atoms with Gasteiger partial charge in [0, 0.05) is 10.5 Å². The molecule has 1 rings (SSSR count). The highest BCUT2D eigenvalue weighted by molar-refractivity contribution is 9.10. The van der Waals surface area contributed by atoms with Crippen molar-refractivity contribution in [3.8, 4) is 0 Å². The summed E-state index contributed by atoms with van der Waals surface area (Å²) in [5, 5.41) is 2.59. The Morgan fingerprint density at radius 2 is 1.94 bits per heavy atom. The second-order valence-corrected chi connectivity index (χ2v) is 4.97. The molecule has 6 heteroatoms. The molecule has 0 aliphatic carbocycles. The van der Waals surface area contributed by atoms with E-state index in [0.717, 1.165) is 10.5 Å². The quantitative estimate of drug-likeness (QED) is 0.673. The first kappa shape index (κ1) is 14.2. The zero-order chi connectivity index (χ0) is 12.8. The van der Waals surface area contributed by atoms with Gasteiger partial charge in [-0.3, -0.25) is 9.59 Å². The lowest BCUT2D eigenvalue weighted by Gasteiger charge is -2.05. The number of hydrogen-bond acceptors (Lipinski definition) is 2. The molecule has 1 amide bonds. The molecule has 0 radical (unpaired) electrons. The molecule has 0 aliphatic rings. The van der Waals surface area contributed by atoms with Crippen LogP contribution in [-0.2, 0) is 9.59 Å². The van der Waals surface area contributed by atoms with Crippen LogP contribution in [0.3, 0.4) is 0 Å². The van der Waals surface area contributed by atoms with E-state index in [2.05, 4.69) is 21.2 Å². The lowest BCUT2D eigenvalue weighted by Crippen LogP contribution is -2.15. The first-order chi connectivity index (χ1) is 7.99. The molecule has 0 saturated heterocycles. The Kier molecular flexibility index (Phi) is 5.68. The number of nitrogens with one attached hydrogen (secondary N) is 1. The Morgan fingerprint density at radius 1 is 1.29 bits per heavy atom. The summed E-state index contributed by atoms with van der Waals surface area (Å²) in [6, 6.07) is 7.10. The molecule has 0 aromatic heterocycles. The number of amides is 1. The Hall–Kier alpha value is -0.840. The van der Waals surface area contributed by atoms with Crippen molar-refractivity contribution in [1.82, 2.24) is 0 Å². The van der Waals surface area contributed by atoms with Crippen molar-refractivity contribution in [3.05, 3.63) is 39.3 Å². The van der Waals surface area contributed by atoms with Crippen molar-refractivity contribution in [2.45, 2.75) is 6.42 Å². The van der Waals surface area contributed by atoms with Gasteiger partial charge in [-0.1, -0.05) is 35.3 Å². The number of carbonyl (C=O) groups excluding carboxylic acids is 2. The molecule has 0 fully saturated rings. The highest BCUT2D eigenvalue weighted by Gasteiger charge is 2.09. The lowest BCUT2D eigenvalue weighted by atomic mass is 10.2. The van der Waals surface area contributed by atoms with Gasteiger partial charge in [0.2, 0.25) is 5.91 Å². The summed E-state index contributed by atoms with van der Waals surface area (Å²) >= 11 is 13.9. The Labute approximate surface area is 117 Å². The minimum atomic E-state index is -0.449. The van der Waals surface area contributed by atoms with Crippen molar-refractivity contribution in [3.63, 3.8) is 0 Å². The summed E-state index contributed by atoms with van der Waals surface area (Å²) in [5.41, 5.74) is 0.603. The number of hydrogen-bond donors (Lipinski definition) is 1. The number of carbonyl (C=O) groups is 2. The van der Waals surface area contributed by atoms with E-state index in [4.69, 9.17) is 23.2 Å². The number of rotatable bonds is 4. The molecule has 1 N–H and O–H groups in total. The van der Waals surface area contributed by atoms with Gasteiger partial charge < -0.3 is 5.32 Å². The molecular formula is C11H8BrCl2NO2. The molecule has 3 nitrogen and oxygen atoms in total. The number of halogens is 3. The van der Waals surface area contributed by atoms with E-state index in [9.17, 15) is 9.59 Å². The van der Waals surface area contributed by atoms with Gasteiger partial charge in [0.1, 0.15) is 4.49 Å². The Balaban J connectivity index is 2.60. The molecule has 17 heavy (non-hydrogen) atoms. The fourth-order valence-corrected chi connectivity index (χ4v) is 1.72. The van der Waals surface area contributed by atoms with Crippen molar-refractivity contribution < 1.29 is 9.59 Å². The number of ketones is 1. The van der Waals surface area contributed by atoms with E-state index in [1.54, 1.807) is 18.2 Å². The van der Waals surface area contributed by atoms with Gasteiger partial charge >= 0.3 is 0 Å². The fourth-order valence-electron chi connectivity index (χ4n) is 1.09. The average molecular weight is 337 g/mol. The molecule has 0 unspecified atom stereocenters. The van der Waals surface area contributed by atoms with Gasteiger partial charge in [-0.2, -0.15) is 0 Å². The predicted molar refractivity (Wildman–Crippen MR) is 72.2 cm³/mol. The van der Waals surface area contributed by atoms with Crippen LogP contribution in [0, 0.1) is 0 Å². The van der Waals surface area contributed by atoms with Gasteiger partial charge in [-0.05, 0) is 28.1 Å². The number of benzene rings is 1. The molecule has 0 bridgehead atoms. The number of anilines is 1. The van der Waals surface area contributed by atoms with E-state index in [1.165, 1.54) is 0 Å². The summed E-state index contributed by atoms with van der Waals surface area (Å²) in [7, 11) is 0. The van der Waals surface area contributed by atoms with E-state index in [-0.39, 0.29) is 10.9 Å². The van der Waals surface area contributed by atoms with Crippen LogP contribution in [0.2, 0.25) is 0 Å². The van der Waals surface area contributed by atoms with Crippen LogP contribution in [0.4, 0.5) is 5.69 Å². The molecule has 0 aliphatic heterocycles. The highest BCUT2D eigenvalue weighted by atomic mass is 79.9. The van der Waals surface area contributed by atoms with E-state index >= 15 is 0 Å². The first-order valence-electron chi connectivity index (χ1n) is 4.59. The van der Waals surface area contributed by atoms with Gasteiger partial charge in [0.15, 0.2) is 5.78 Å². The zero-order valence-corrected chi connectivity index (χ0v) is 11.6. The minimum absolute atomic E-state index is 0.163. The average Bonchev–Trinajstić information content (AvgIpc) is 2.19. The SMILES string of the molecule is O=C(C=C(Cl)Cl)CC(=O)Nc1ccccc1Br. The molecule has 0 atom stereocenters. The smallest absolute Gasteiger partial charge is 0.232 e. The van der Waals surface area contributed by atoms with E-state index in [0.29, 0.717) is 5.69 Å². The Morgan fingerprint density at radius 3 is 2.53 bits per heavy atom. The third-order valence-corrected chi connectivity index (χ3v) is 2.66. The standard InChI is InChI=1S/C11H8BrCl2NO2/c12-8-3-1-2-4-9(8)15-11(17)6-7(16)5-10(13)14/h1-5H,6H2,(H,15,17). The third kappa shape index (κ3) is 5.35. The van der Waals surface area contributed by atoms with Crippen LogP contribution >= 0.6 is 39.1 Å². The predicted octanol–water partition coefficient (Wildman–Crippen LogP) is 3.67. The van der Waals surface area contributed by atoms with Gasteiger partial charge in [-0.15, -0.1) is 0 Å². The van der Waals surface area contributed by atoms with Gasteiger partial charge in [0.05, 0.1) is 12.1 Å². The molecular weight excluding hydrogens is 329 g/mol. The highest BCUT2D eigenvalue weighted by Crippen LogP contribution is 2.21. The maximum Gasteiger partial charge on any atom is 0.232 e.